The number of benzene rings is 1. The Balaban J connectivity index is 2.40. The number of nitrogens with one attached hydrogen (secondary N) is 1. The zero-order valence-corrected chi connectivity index (χ0v) is 10.4. The molecule has 0 amide bonds. The third-order valence-electron chi connectivity index (χ3n) is 2.26. The second-order valence-corrected chi connectivity index (χ2v) is 5.75. The summed E-state index contributed by atoms with van der Waals surface area (Å²) in [5.41, 5.74) is 0.536. The van der Waals surface area contributed by atoms with Crippen molar-refractivity contribution in [1.29, 1.82) is 0 Å². The summed E-state index contributed by atoms with van der Waals surface area (Å²) in [6.07, 6.45) is 2.97. The van der Waals surface area contributed by atoms with Crippen LogP contribution in [0.2, 0.25) is 0 Å². The Bertz CT molecular complexity index is 632. The van der Waals surface area contributed by atoms with Crippen molar-refractivity contribution in [2.24, 2.45) is 7.05 Å². The van der Waals surface area contributed by atoms with Crippen LogP contribution in [0.4, 0.5) is 11.5 Å². The summed E-state index contributed by atoms with van der Waals surface area (Å²) in [4.78, 5) is 0.269. The summed E-state index contributed by atoms with van der Waals surface area (Å²) in [5, 5.41) is 7.13. The van der Waals surface area contributed by atoms with Crippen LogP contribution in [0.5, 0.6) is 0 Å². The standard InChI is InChI=1S/C11H13N3O2S/c1-14-8-7-11(13-14)12-9-5-3-4-6-10(9)17(2,15)16/h3-8H,1-2H3,(H,12,13). The first-order valence-corrected chi connectivity index (χ1v) is 6.92. The Morgan fingerprint density at radius 1 is 1.24 bits per heavy atom. The van der Waals surface area contributed by atoms with Gasteiger partial charge < -0.3 is 5.32 Å². The second kappa shape index (κ2) is 4.21. The van der Waals surface area contributed by atoms with E-state index in [0.717, 1.165) is 0 Å². The summed E-state index contributed by atoms with van der Waals surface area (Å²) in [7, 11) is -1.44. The molecule has 0 saturated carbocycles. The topological polar surface area (TPSA) is 64.0 Å². The maximum Gasteiger partial charge on any atom is 0.177 e. The van der Waals surface area contributed by atoms with Crippen molar-refractivity contribution in [3.05, 3.63) is 36.5 Å². The van der Waals surface area contributed by atoms with Crippen molar-refractivity contribution >= 4 is 21.3 Å². The molecule has 0 atom stereocenters. The van der Waals surface area contributed by atoms with E-state index in [0.29, 0.717) is 11.5 Å². The molecule has 0 spiro atoms. The molecule has 0 fully saturated rings. The first kappa shape index (κ1) is 11.7. The van der Waals surface area contributed by atoms with Crippen LogP contribution in [-0.2, 0) is 16.9 Å². The van der Waals surface area contributed by atoms with E-state index >= 15 is 0 Å². The average molecular weight is 251 g/mol. The number of sulfone groups is 1. The number of aryl methyl sites for hydroxylation is 1. The van der Waals surface area contributed by atoms with Crippen LogP contribution in [0.1, 0.15) is 0 Å². The van der Waals surface area contributed by atoms with Crippen molar-refractivity contribution in [3.8, 4) is 0 Å². The molecule has 90 valence electrons. The van der Waals surface area contributed by atoms with E-state index in [1.807, 2.05) is 0 Å². The van der Waals surface area contributed by atoms with Gasteiger partial charge in [-0.15, -0.1) is 0 Å². The number of para-hydroxylation sites is 1. The average Bonchev–Trinajstić information content (AvgIpc) is 2.63. The third kappa shape index (κ3) is 2.65. The van der Waals surface area contributed by atoms with Gasteiger partial charge in [0.15, 0.2) is 15.7 Å². The van der Waals surface area contributed by atoms with Gasteiger partial charge in [0.1, 0.15) is 0 Å². The molecule has 1 heterocycles. The fraction of sp³-hybridized carbons (Fsp3) is 0.182. The van der Waals surface area contributed by atoms with Gasteiger partial charge in [0.25, 0.3) is 0 Å². The highest BCUT2D eigenvalue weighted by molar-refractivity contribution is 7.90. The van der Waals surface area contributed by atoms with Crippen molar-refractivity contribution in [2.75, 3.05) is 11.6 Å². The monoisotopic (exact) mass is 251 g/mol. The van der Waals surface area contributed by atoms with E-state index in [9.17, 15) is 8.42 Å². The largest absolute Gasteiger partial charge is 0.338 e. The van der Waals surface area contributed by atoms with Gasteiger partial charge in [-0.1, -0.05) is 12.1 Å². The molecule has 0 aliphatic heterocycles. The zero-order chi connectivity index (χ0) is 12.5. The number of aromatic nitrogens is 2. The predicted molar refractivity (Wildman–Crippen MR) is 66.0 cm³/mol. The first-order chi connectivity index (χ1) is 7.97. The lowest BCUT2D eigenvalue weighted by atomic mass is 10.3. The van der Waals surface area contributed by atoms with E-state index < -0.39 is 9.84 Å². The Labute approximate surface area is 100 Å². The molecular formula is C11H13N3O2S. The Hall–Kier alpha value is -1.82. The number of hydrogen-bond acceptors (Lipinski definition) is 4. The van der Waals surface area contributed by atoms with Crippen molar-refractivity contribution in [3.63, 3.8) is 0 Å². The molecule has 0 unspecified atom stereocenters. The highest BCUT2D eigenvalue weighted by atomic mass is 32.2. The van der Waals surface area contributed by atoms with E-state index in [1.54, 1.807) is 48.3 Å². The van der Waals surface area contributed by atoms with Crippen molar-refractivity contribution in [2.45, 2.75) is 4.90 Å². The number of hydrogen-bond donors (Lipinski definition) is 1. The van der Waals surface area contributed by atoms with Gasteiger partial charge in [-0.2, -0.15) is 5.10 Å². The summed E-state index contributed by atoms with van der Waals surface area (Å²) in [6, 6.07) is 8.53. The number of nitrogens with zero attached hydrogens (tertiary/aromatic N) is 2. The van der Waals surface area contributed by atoms with Gasteiger partial charge in [-0.05, 0) is 12.1 Å². The van der Waals surface area contributed by atoms with Crippen LogP contribution < -0.4 is 5.32 Å². The minimum absolute atomic E-state index is 0.269. The quantitative estimate of drug-likeness (QED) is 0.899. The first-order valence-electron chi connectivity index (χ1n) is 5.02. The number of rotatable bonds is 3. The molecule has 0 saturated heterocycles. The molecule has 0 aliphatic rings. The minimum atomic E-state index is -3.24. The number of anilines is 2. The summed E-state index contributed by atoms with van der Waals surface area (Å²) in [6.45, 7) is 0. The van der Waals surface area contributed by atoms with Gasteiger partial charge >= 0.3 is 0 Å². The molecule has 5 nitrogen and oxygen atoms in total. The molecule has 0 bridgehead atoms. The molecule has 6 heteroatoms. The molecule has 2 aromatic rings. The molecule has 0 radical (unpaired) electrons. The van der Waals surface area contributed by atoms with Crippen LogP contribution in [-0.4, -0.2) is 24.5 Å². The molecule has 0 aliphatic carbocycles. The fourth-order valence-corrected chi connectivity index (χ4v) is 2.36. The lowest BCUT2D eigenvalue weighted by Gasteiger charge is -2.08. The van der Waals surface area contributed by atoms with E-state index in [2.05, 4.69) is 10.4 Å². The Morgan fingerprint density at radius 3 is 2.53 bits per heavy atom. The van der Waals surface area contributed by atoms with Crippen LogP contribution in [0.15, 0.2) is 41.4 Å². The van der Waals surface area contributed by atoms with Gasteiger partial charge in [-0.25, -0.2) is 8.42 Å². The summed E-state index contributed by atoms with van der Waals surface area (Å²) < 4.78 is 24.8. The SMILES string of the molecule is Cn1ccc(Nc2ccccc2S(C)(=O)=O)n1. The predicted octanol–water partition coefficient (Wildman–Crippen LogP) is 1.57. The van der Waals surface area contributed by atoms with Crippen molar-refractivity contribution < 1.29 is 8.42 Å². The van der Waals surface area contributed by atoms with Crippen LogP contribution in [0, 0.1) is 0 Å². The van der Waals surface area contributed by atoms with Crippen LogP contribution in [0.25, 0.3) is 0 Å². The van der Waals surface area contributed by atoms with Gasteiger partial charge in [0.05, 0.1) is 10.6 Å². The van der Waals surface area contributed by atoms with Crippen molar-refractivity contribution in [1.82, 2.24) is 9.78 Å². The van der Waals surface area contributed by atoms with E-state index in [1.165, 1.54) is 6.26 Å². The second-order valence-electron chi connectivity index (χ2n) is 3.77. The van der Waals surface area contributed by atoms with Gasteiger partial charge in [-0.3, -0.25) is 4.68 Å². The van der Waals surface area contributed by atoms with Gasteiger partial charge in [0, 0.05) is 25.6 Å². The minimum Gasteiger partial charge on any atom is -0.338 e. The molecule has 1 aromatic carbocycles. The third-order valence-corrected chi connectivity index (χ3v) is 3.42. The van der Waals surface area contributed by atoms with E-state index in [4.69, 9.17) is 0 Å². The lowest BCUT2D eigenvalue weighted by Crippen LogP contribution is -2.03. The molecule has 1 N–H and O–H groups in total. The lowest BCUT2D eigenvalue weighted by molar-refractivity contribution is 0.602. The maximum atomic E-state index is 11.6. The fourth-order valence-electron chi connectivity index (χ4n) is 1.51. The van der Waals surface area contributed by atoms with E-state index in [-0.39, 0.29) is 4.90 Å². The van der Waals surface area contributed by atoms with Crippen LogP contribution in [0.3, 0.4) is 0 Å². The smallest absolute Gasteiger partial charge is 0.177 e. The Morgan fingerprint density at radius 2 is 1.94 bits per heavy atom. The Kier molecular flexibility index (Phi) is 2.89. The molecular weight excluding hydrogens is 238 g/mol. The normalized spacial score (nSPS) is 11.4. The highest BCUT2D eigenvalue weighted by Crippen LogP contribution is 2.23. The summed E-state index contributed by atoms with van der Waals surface area (Å²) >= 11 is 0. The van der Waals surface area contributed by atoms with Crippen LogP contribution >= 0.6 is 0 Å². The summed E-state index contributed by atoms with van der Waals surface area (Å²) in [5.74, 6) is 0.614. The maximum absolute atomic E-state index is 11.6. The molecule has 1 aromatic heterocycles. The van der Waals surface area contributed by atoms with Gasteiger partial charge in [0.2, 0.25) is 0 Å². The zero-order valence-electron chi connectivity index (χ0n) is 9.58. The molecule has 17 heavy (non-hydrogen) atoms. The molecule has 2 rings (SSSR count). The highest BCUT2D eigenvalue weighted by Gasteiger charge is 2.12.